The Hall–Kier alpha value is -1.13. The fourth-order valence-electron chi connectivity index (χ4n) is 1.52. The molecule has 11 heavy (non-hydrogen) atoms. The summed E-state index contributed by atoms with van der Waals surface area (Å²) >= 11 is 0. The molecule has 2 rings (SSSR count). The Morgan fingerprint density at radius 1 is 1.55 bits per heavy atom. The van der Waals surface area contributed by atoms with E-state index in [1.54, 1.807) is 4.68 Å². The van der Waals surface area contributed by atoms with E-state index in [9.17, 15) is 0 Å². The lowest BCUT2D eigenvalue weighted by Crippen LogP contribution is -2.26. The Labute approximate surface area is 64.6 Å². The molecule has 0 radical (unpaired) electrons. The third-order valence-electron chi connectivity index (χ3n) is 2.21. The summed E-state index contributed by atoms with van der Waals surface area (Å²) in [6, 6.07) is 0.444. The summed E-state index contributed by atoms with van der Waals surface area (Å²) in [6.07, 6.45) is 2.30. The van der Waals surface area contributed by atoms with E-state index in [1.807, 2.05) is 0 Å². The van der Waals surface area contributed by atoms with E-state index in [1.165, 1.54) is 0 Å². The van der Waals surface area contributed by atoms with Crippen molar-refractivity contribution in [3.63, 3.8) is 0 Å². The van der Waals surface area contributed by atoms with Gasteiger partial charge in [0.2, 0.25) is 5.95 Å². The number of hydrogen-bond donors (Lipinski definition) is 1. The summed E-state index contributed by atoms with van der Waals surface area (Å²) in [5, 5.41) is 10.9. The van der Waals surface area contributed by atoms with Crippen molar-refractivity contribution in [1.29, 1.82) is 0 Å². The SMILES string of the molecule is CC1CC(n2nnnc2N)C1. The van der Waals surface area contributed by atoms with Gasteiger partial charge in [0.05, 0.1) is 6.04 Å². The number of nitrogens with two attached hydrogens (primary N) is 1. The average Bonchev–Trinajstić information content (AvgIpc) is 2.29. The minimum atomic E-state index is 0.432. The largest absolute Gasteiger partial charge is 0.367 e. The first kappa shape index (κ1) is 6.57. The Morgan fingerprint density at radius 2 is 2.27 bits per heavy atom. The van der Waals surface area contributed by atoms with Crippen LogP contribution in [0, 0.1) is 5.92 Å². The highest BCUT2D eigenvalue weighted by molar-refractivity contribution is 5.12. The molecule has 2 N–H and O–H groups in total. The first-order chi connectivity index (χ1) is 5.27. The molecular weight excluding hydrogens is 142 g/mol. The highest BCUT2D eigenvalue weighted by atomic mass is 15.6. The molecule has 1 heterocycles. The molecular formula is C6H11N5. The van der Waals surface area contributed by atoms with Crippen LogP contribution >= 0.6 is 0 Å². The molecule has 60 valence electrons. The molecule has 1 aromatic heterocycles. The van der Waals surface area contributed by atoms with Gasteiger partial charge in [0, 0.05) is 0 Å². The second kappa shape index (κ2) is 2.18. The Balaban J connectivity index is 2.12. The molecule has 5 nitrogen and oxygen atoms in total. The number of nitrogens with zero attached hydrogens (tertiary/aromatic N) is 4. The molecule has 0 atom stereocenters. The second-order valence-electron chi connectivity index (χ2n) is 3.21. The van der Waals surface area contributed by atoms with Crippen molar-refractivity contribution in [3.8, 4) is 0 Å². The quantitative estimate of drug-likeness (QED) is 0.626. The van der Waals surface area contributed by atoms with Crippen LogP contribution in [0.3, 0.4) is 0 Å². The highest BCUT2D eigenvalue weighted by Crippen LogP contribution is 2.37. The molecule has 1 aliphatic carbocycles. The Kier molecular flexibility index (Phi) is 1.30. The predicted molar refractivity (Wildman–Crippen MR) is 39.7 cm³/mol. The zero-order valence-electron chi connectivity index (χ0n) is 6.44. The van der Waals surface area contributed by atoms with E-state index in [2.05, 4.69) is 22.4 Å². The number of hydrogen-bond acceptors (Lipinski definition) is 4. The first-order valence-corrected chi connectivity index (χ1v) is 3.80. The minimum absolute atomic E-state index is 0.432. The molecule has 0 aromatic carbocycles. The number of rotatable bonds is 1. The summed E-state index contributed by atoms with van der Waals surface area (Å²) in [4.78, 5) is 0. The van der Waals surface area contributed by atoms with Crippen LogP contribution in [0.25, 0.3) is 0 Å². The van der Waals surface area contributed by atoms with Gasteiger partial charge >= 0.3 is 0 Å². The summed E-state index contributed by atoms with van der Waals surface area (Å²) in [5.74, 6) is 1.23. The van der Waals surface area contributed by atoms with Gasteiger partial charge in [0.15, 0.2) is 0 Å². The maximum atomic E-state index is 5.52. The fourth-order valence-corrected chi connectivity index (χ4v) is 1.52. The molecule has 0 spiro atoms. The average molecular weight is 153 g/mol. The summed E-state index contributed by atoms with van der Waals surface area (Å²) < 4.78 is 1.71. The van der Waals surface area contributed by atoms with Crippen molar-refractivity contribution < 1.29 is 0 Å². The molecule has 0 aliphatic heterocycles. The lowest BCUT2D eigenvalue weighted by atomic mass is 9.82. The van der Waals surface area contributed by atoms with Gasteiger partial charge in [-0.1, -0.05) is 12.0 Å². The Morgan fingerprint density at radius 3 is 2.73 bits per heavy atom. The van der Waals surface area contributed by atoms with Crippen LogP contribution in [-0.2, 0) is 0 Å². The standard InChI is InChI=1S/C6H11N5/c1-4-2-5(3-4)11-6(7)8-9-10-11/h4-5H,2-3H2,1H3,(H2,7,8,10). The van der Waals surface area contributed by atoms with E-state index in [4.69, 9.17) is 5.73 Å². The number of nitrogen functional groups attached to an aromatic ring is 1. The minimum Gasteiger partial charge on any atom is -0.367 e. The molecule has 0 saturated heterocycles. The van der Waals surface area contributed by atoms with E-state index in [0.29, 0.717) is 12.0 Å². The third-order valence-corrected chi connectivity index (χ3v) is 2.21. The monoisotopic (exact) mass is 153 g/mol. The molecule has 5 heteroatoms. The van der Waals surface area contributed by atoms with Crippen LogP contribution in [0.5, 0.6) is 0 Å². The van der Waals surface area contributed by atoms with Gasteiger partial charge in [-0.2, -0.15) is 0 Å². The van der Waals surface area contributed by atoms with Gasteiger partial charge < -0.3 is 5.73 Å². The topological polar surface area (TPSA) is 69.6 Å². The molecule has 1 fully saturated rings. The van der Waals surface area contributed by atoms with E-state index in [-0.39, 0.29) is 0 Å². The zero-order valence-corrected chi connectivity index (χ0v) is 6.44. The molecule has 1 saturated carbocycles. The van der Waals surface area contributed by atoms with Crippen LogP contribution < -0.4 is 5.73 Å². The molecule has 0 amide bonds. The van der Waals surface area contributed by atoms with Crippen molar-refractivity contribution in [2.24, 2.45) is 5.92 Å². The zero-order chi connectivity index (χ0) is 7.84. The van der Waals surface area contributed by atoms with Crippen molar-refractivity contribution in [2.75, 3.05) is 5.73 Å². The number of tetrazole rings is 1. The molecule has 0 bridgehead atoms. The van der Waals surface area contributed by atoms with Crippen molar-refractivity contribution in [2.45, 2.75) is 25.8 Å². The summed E-state index contributed by atoms with van der Waals surface area (Å²) in [6.45, 7) is 2.22. The van der Waals surface area contributed by atoms with Crippen LogP contribution in [0.15, 0.2) is 0 Å². The van der Waals surface area contributed by atoms with E-state index in [0.717, 1.165) is 18.8 Å². The lowest BCUT2D eigenvalue weighted by molar-refractivity contribution is 0.200. The normalized spacial score (nSPS) is 29.9. The van der Waals surface area contributed by atoms with Gasteiger partial charge in [-0.3, -0.25) is 0 Å². The molecule has 0 unspecified atom stereocenters. The van der Waals surface area contributed by atoms with Gasteiger partial charge in [-0.05, 0) is 29.2 Å². The smallest absolute Gasteiger partial charge is 0.240 e. The van der Waals surface area contributed by atoms with Crippen molar-refractivity contribution in [1.82, 2.24) is 20.2 Å². The first-order valence-electron chi connectivity index (χ1n) is 3.80. The van der Waals surface area contributed by atoms with Crippen LogP contribution in [0.2, 0.25) is 0 Å². The Bertz CT molecular complexity index is 249. The fraction of sp³-hybridized carbons (Fsp3) is 0.833. The maximum Gasteiger partial charge on any atom is 0.240 e. The van der Waals surface area contributed by atoms with Crippen LogP contribution in [0.4, 0.5) is 5.95 Å². The lowest BCUT2D eigenvalue weighted by Gasteiger charge is -2.32. The third kappa shape index (κ3) is 0.961. The second-order valence-corrected chi connectivity index (χ2v) is 3.21. The molecule has 1 aliphatic rings. The van der Waals surface area contributed by atoms with Gasteiger partial charge in [0.25, 0.3) is 0 Å². The molecule has 1 aromatic rings. The summed E-state index contributed by atoms with van der Waals surface area (Å²) in [5.41, 5.74) is 5.52. The highest BCUT2D eigenvalue weighted by Gasteiger charge is 2.29. The van der Waals surface area contributed by atoms with Crippen molar-refractivity contribution in [3.05, 3.63) is 0 Å². The summed E-state index contributed by atoms with van der Waals surface area (Å²) in [7, 11) is 0. The van der Waals surface area contributed by atoms with E-state index < -0.39 is 0 Å². The maximum absolute atomic E-state index is 5.52. The number of anilines is 1. The van der Waals surface area contributed by atoms with Crippen LogP contribution in [-0.4, -0.2) is 20.2 Å². The van der Waals surface area contributed by atoms with Crippen molar-refractivity contribution >= 4 is 5.95 Å². The van der Waals surface area contributed by atoms with Gasteiger partial charge in [0.1, 0.15) is 0 Å². The van der Waals surface area contributed by atoms with Crippen LogP contribution in [0.1, 0.15) is 25.8 Å². The van der Waals surface area contributed by atoms with E-state index >= 15 is 0 Å². The van der Waals surface area contributed by atoms with Gasteiger partial charge in [-0.25, -0.2) is 4.68 Å². The van der Waals surface area contributed by atoms with Gasteiger partial charge in [-0.15, -0.1) is 0 Å². The predicted octanol–water partition coefficient (Wildman–Crippen LogP) is 0.226. The number of aromatic nitrogens is 4.